The zero-order valence-electron chi connectivity index (χ0n) is 12.6. The number of methoxy groups -OCH3 is 1. The van der Waals surface area contributed by atoms with Crippen LogP contribution in [-0.2, 0) is 9.53 Å². The third-order valence-corrected chi connectivity index (χ3v) is 3.10. The van der Waals surface area contributed by atoms with Gasteiger partial charge >= 0.3 is 5.97 Å². The van der Waals surface area contributed by atoms with Gasteiger partial charge in [0.15, 0.2) is 0 Å². The van der Waals surface area contributed by atoms with E-state index in [1.165, 1.54) is 6.08 Å². The van der Waals surface area contributed by atoms with Crippen molar-refractivity contribution in [3.63, 3.8) is 0 Å². The van der Waals surface area contributed by atoms with E-state index in [1.807, 2.05) is 31.3 Å². The van der Waals surface area contributed by atoms with Crippen molar-refractivity contribution in [2.45, 2.75) is 19.9 Å². The fourth-order valence-corrected chi connectivity index (χ4v) is 1.48. The third kappa shape index (κ3) is 5.89. The Morgan fingerprint density at radius 1 is 1.30 bits per heavy atom. The van der Waals surface area contributed by atoms with Gasteiger partial charge in [0.2, 0.25) is 0 Å². The summed E-state index contributed by atoms with van der Waals surface area (Å²) in [5.74, 6) is 0.472. The highest BCUT2D eigenvalue weighted by atomic mass is 16.5. The summed E-state index contributed by atoms with van der Waals surface area (Å²) in [6.07, 6.45) is 3.17. The smallest absolute Gasteiger partial charge is 0.330 e. The second kappa shape index (κ2) is 8.38. The van der Waals surface area contributed by atoms with Gasteiger partial charge < -0.3 is 14.4 Å². The van der Waals surface area contributed by atoms with Gasteiger partial charge in [-0.3, -0.25) is 0 Å². The van der Waals surface area contributed by atoms with Gasteiger partial charge in [-0.1, -0.05) is 12.1 Å². The molecule has 0 bridgehead atoms. The van der Waals surface area contributed by atoms with Gasteiger partial charge in [-0.05, 0) is 44.7 Å². The van der Waals surface area contributed by atoms with Crippen molar-refractivity contribution in [1.82, 2.24) is 4.90 Å². The molecule has 0 saturated heterocycles. The molecule has 1 rings (SSSR count). The summed E-state index contributed by atoms with van der Waals surface area (Å²) in [7, 11) is 3.63. The van der Waals surface area contributed by atoms with Crippen molar-refractivity contribution in [2.75, 3.05) is 27.3 Å². The van der Waals surface area contributed by atoms with Gasteiger partial charge in [0.05, 0.1) is 7.11 Å². The van der Waals surface area contributed by atoms with E-state index >= 15 is 0 Å². The molecule has 0 aromatic heterocycles. The van der Waals surface area contributed by atoms with Gasteiger partial charge in [-0.25, -0.2) is 4.79 Å². The molecule has 0 aliphatic rings. The van der Waals surface area contributed by atoms with Crippen LogP contribution in [0, 0.1) is 0 Å². The Morgan fingerprint density at radius 3 is 2.50 bits per heavy atom. The van der Waals surface area contributed by atoms with Crippen molar-refractivity contribution in [1.29, 1.82) is 0 Å². The summed E-state index contributed by atoms with van der Waals surface area (Å²) in [5.41, 5.74) is 0.932. The van der Waals surface area contributed by atoms with Crippen molar-refractivity contribution in [3.8, 4) is 5.75 Å². The second-order valence-electron chi connectivity index (χ2n) is 4.85. The van der Waals surface area contributed by atoms with E-state index in [4.69, 9.17) is 9.47 Å². The van der Waals surface area contributed by atoms with Crippen molar-refractivity contribution in [3.05, 3.63) is 35.9 Å². The summed E-state index contributed by atoms with van der Waals surface area (Å²) in [6, 6.07) is 7.92. The van der Waals surface area contributed by atoms with Crippen LogP contribution in [0.15, 0.2) is 30.3 Å². The number of rotatable bonds is 7. The molecule has 0 N–H and O–H groups in total. The molecule has 0 amide bonds. The Kier molecular flexibility index (Phi) is 6.81. The number of carbonyl (C=O) groups excluding carboxylic acids is 1. The molecule has 4 nitrogen and oxygen atoms in total. The average Bonchev–Trinajstić information content (AvgIpc) is 2.45. The molecule has 1 aromatic rings. The number of likely N-dealkylation sites (N-methyl/N-ethyl adjacent to an activating group) is 1. The van der Waals surface area contributed by atoms with Crippen LogP contribution in [-0.4, -0.2) is 44.2 Å². The van der Waals surface area contributed by atoms with Crippen LogP contribution in [0.1, 0.15) is 19.4 Å². The molecule has 20 heavy (non-hydrogen) atoms. The Bertz CT molecular complexity index is 438. The second-order valence-corrected chi connectivity index (χ2v) is 4.85. The van der Waals surface area contributed by atoms with Crippen LogP contribution in [0.5, 0.6) is 5.75 Å². The van der Waals surface area contributed by atoms with Crippen LogP contribution in [0.25, 0.3) is 6.08 Å². The number of hydrogen-bond donors (Lipinski definition) is 0. The number of nitrogens with zero attached hydrogens (tertiary/aromatic N) is 1. The molecular weight excluding hydrogens is 254 g/mol. The maximum absolute atomic E-state index is 11.5. The normalized spacial score (nSPS) is 11.3. The first kappa shape index (κ1) is 16.2. The Hall–Kier alpha value is -1.81. The molecule has 0 spiro atoms. The largest absolute Gasteiger partial charge is 0.497 e. The lowest BCUT2D eigenvalue weighted by Crippen LogP contribution is -2.30. The molecule has 0 atom stereocenters. The predicted octanol–water partition coefficient (Wildman–Crippen LogP) is 2.59. The number of carbonyl (C=O) groups is 1. The van der Waals surface area contributed by atoms with Gasteiger partial charge in [-0.2, -0.15) is 0 Å². The average molecular weight is 277 g/mol. The lowest BCUT2D eigenvalue weighted by Gasteiger charge is -2.20. The van der Waals surface area contributed by atoms with Crippen LogP contribution in [0.4, 0.5) is 0 Å². The molecular formula is C16H23NO3. The molecule has 0 saturated carbocycles. The summed E-state index contributed by atoms with van der Waals surface area (Å²) < 4.78 is 10.2. The predicted molar refractivity (Wildman–Crippen MR) is 80.8 cm³/mol. The van der Waals surface area contributed by atoms with Crippen molar-refractivity contribution >= 4 is 12.0 Å². The molecule has 0 radical (unpaired) electrons. The van der Waals surface area contributed by atoms with Gasteiger partial charge in [-0.15, -0.1) is 0 Å². The first-order valence-electron chi connectivity index (χ1n) is 6.72. The highest BCUT2D eigenvalue weighted by molar-refractivity contribution is 5.87. The van der Waals surface area contributed by atoms with E-state index in [0.29, 0.717) is 12.6 Å². The Balaban J connectivity index is 2.35. The highest BCUT2D eigenvalue weighted by Crippen LogP contribution is 2.12. The Labute approximate surface area is 121 Å². The number of esters is 1. The summed E-state index contributed by atoms with van der Waals surface area (Å²) in [5, 5.41) is 0. The van der Waals surface area contributed by atoms with E-state index in [-0.39, 0.29) is 5.97 Å². The standard InChI is InChI=1S/C16H23NO3/c1-13(2)17(3)11-12-20-16(18)10-7-14-5-8-15(19-4)9-6-14/h5-10,13H,11-12H2,1-4H3. The maximum atomic E-state index is 11.5. The Morgan fingerprint density at radius 2 is 1.95 bits per heavy atom. The number of ether oxygens (including phenoxy) is 2. The van der Waals surface area contributed by atoms with Crippen molar-refractivity contribution < 1.29 is 14.3 Å². The molecule has 0 unspecified atom stereocenters. The molecule has 4 heteroatoms. The molecule has 0 aliphatic heterocycles. The topological polar surface area (TPSA) is 38.8 Å². The lowest BCUT2D eigenvalue weighted by atomic mass is 10.2. The van der Waals surface area contributed by atoms with Gasteiger partial charge in [0, 0.05) is 18.7 Å². The van der Waals surface area contributed by atoms with Crippen molar-refractivity contribution in [2.24, 2.45) is 0 Å². The fourth-order valence-electron chi connectivity index (χ4n) is 1.48. The maximum Gasteiger partial charge on any atom is 0.330 e. The monoisotopic (exact) mass is 277 g/mol. The molecule has 110 valence electrons. The van der Waals surface area contributed by atoms with Gasteiger partial charge in [0.25, 0.3) is 0 Å². The quantitative estimate of drug-likeness (QED) is 0.567. The zero-order chi connectivity index (χ0) is 15.0. The highest BCUT2D eigenvalue weighted by Gasteiger charge is 2.04. The summed E-state index contributed by atoms with van der Waals surface area (Å²) in [4.78, 5) is 13.7. The van der Waals surface area contributed by atoms with Crippen LogP contribution >= 0.6 is 0 Å². The minimum Gasteiger partial charge on any atom is -0.497 e. The minimum absolute atomic E-state index is 0.321. The lowest BCUT2D eigenvalue weighted by molar-refractivity contribution is -0.138. The molecule has 0 aliphatic carbocycles. The van der Waals surface area contributed by atoms with E-state index in [2.05, 4.69) is 18.7 Å². The number of hydrogen-bond acceptors (Lipinski definition) is 4. The zero-order valence-corrected chi connectivity index (χ0v) is 12.6. The van der Waals surface area contributed by atoms with Crippen LogP contribution in [0.2, 0.25) is 0 Å². The minimum atomic E-state index is -0.321. The first-order valence-corrected chi connectivity index (χ1v) is 6.72. The van der Waals surface area contributed by atoms with Gasteiger partial charge in [0.1, 0.15) is 12.4 Å². The molecule has 0 fully saturated rings. The SMILES string of the molecule is COc1ccc(C=CC(=O)OCCN(C)C(C)C)cc1. The van der Waals surface area contributed by atoms with E-state index < -0.39 is 0 Å². The van der Waals surface area contributed by atoms with Crippen LogP contribution in [0.3, 0.4) is 0 Å². The van der Waals surface area contributed by atoms with Crippen LogP contribution < -0.4 is 4.74 Å². The first-order chi connectivity index (χ1) is 9.52. The van der Waals surface area contributed by atoms with E-state index in [9.17, 15) is 4.79 Å². The fraction of sp³-hybridized carbons (Fsp3) is 0.438. The summed E-state index contributed by atoms with van der Waals surface area (Å²) >= 11 is 0. The van der Waals surface area contributed by atoms with E-state index in [0.717, 1.165) is 17.9 Å². The third-order valence-electron chi connectivity index (χ3n) is 3.10. The molecule has 0 heterocycles. The van der Waals surface area contributed by atoms with E-state index in [1.54, 1.807) is 13.2 Å². The number of benzene rings is 1. The molecule has 1 aromatic carbocycles. The summed E-state index contributed by atoms with van der Waals surface area (Å²) in [6.45, 7) is 5.34.